The molecule has 1 fully saturated rings. The van der Waals surface area contributed by atoms with Gasteiger partial charge in [0, 0.05) is 6.54 Å². The highest BCUT2D eigenvalue weighted by Crippen LogP contribution is 2.44. The van der Waals surface area contributed by atoms with Crippen molar-refractivity contribution in [2.24, 2.45) is 0 Å². The smallest absolute Gasteiger partial charge is 0.151 e. The molecule has 0 amide bonds. The number of rotatable bonds is 3. The summed E-state index contributed by atoms with van der Waals surface area (Å²) in [5.41, 5.74) is 3.67. The van der Waals surface area contributed by atoms with Gasteiger partial charge in [-0.3, -0.25) is 9.47 Å². The lowest BCUT2D eigenvalue weighted by Gasteiger charge is -2.36. The molecule has 5 nitrogen and oxygen atoms in total. The SMILES string of the molecule is CC(C)OC1CCC(Cl)(c2ccc3c(c2)CN(C)Cc2nncn2-3)CC1. The largest absolute Gasteiger partial charge is 0.376 e. The predicted octanol–water partition coefficient (Wildman–Crippen LogP) is 4.01. The Hall–Kier alpha value is -1.43. The van der Waals surface area contributed by atoms with Gasteiger partial charge in [-0.05, 0) is 63.8 Å². The van der Waals surface area contributed by atoms with Crippen molar-refractivity contribution < 1.29 is 4.74 Å². The van der Waals surface area contributed by atoms with Crippen molar-refractivity contribution in [1.29, 1.82) is 0 Å². The predicted molar refractivity (Wildman–Crippen MR) is 103 cm³/mol. The molecule has 1 saturated carbocycles. The summed E-state index contributed by atoms with van der Waals surface area (Å²) >= 11 is 7.10. The molecule has 0 N–H and O–H groups in total. The lowest BCUT2D eigenvalue weighted by molar-refractivity contribution is -0.0174. The van der Waals surface area contributed by atoms with Crippen molar-refractivity contribution in [2.45, 2.75) is 69.7 Å². The maximum Gasteiger partial charge on any atom is 0.151 e. The number of hydrogen-bond donors (Lipinski definition) is 0. The monoisotopic (exact) mass is 374 g/mol. The topological polar surface area (TPSA) is 43.2 Å². The molecule has 26 heavy (non-hydrogen) atoms. The highest BCUT2D eigenvalue weighted by Gasteiger charge is 2.36. The zero-order chi connectivity index (χ0) is 18.3. The van der Waals surface area contributed by atoms with Crippen LogP contribution in [0.3, 0.4) is 0 Å². The summed E-state index contributed by atoms with van der Waals surface area (Å²) < 4.78 is 8.08. The van der Waals surface area contributed by atoms with Crippen molar-refractivity contribution in [3.63, 3.8) is 0 Å². The fourth-order valence-corrected chi connectivity index (χ4v) is 4.58. The summed E-state index contributed by atoms with van der Waals surface area (Å²) in [6.07, 6.45) is 6.38. The minimum atomic E-state index is -0.285. The van der Waals surface area contributed by atoms with E-state index in [0.29, 0.717) is 6.10 Å². The fourth-order valence-electron chi connectivity index (χ4n) is 4.24. The molecule has 1 aliphatic carbocycles. The van der Waals surface area contributed by atoms with E-state index in [2.05, 4.69) is 58.8 Å². The minimum absolute atomic E-state index is 0.281. The van der Waals surface area contributed by atoms with Crippen LogP contribution in [0.25, 0.3) is 5.69 Å². The number of benzene rings is 1. The standard InChI is InChI=1S/C20H27ClN4O/c1-14(2)26-17-6-8-20(21,9-7-17)16-4-5-18-15(10-16)11-24(3)12-19-23-22-13-25(18)19/h4-5,10,13-14,17H,6-9,11-12H2,1-3H3. The summed E-state index contributed by atoms with van der Waals surface area (Å²) in [6.45, 7) is 5.89. The minimum Gasteiger partial charge on any atom is -0.376 e. The first-order valence-electron chi connectivity index (χ1n) is 9.50. The van der Waals surface area contributed by atoms with Crippen LogP contribution < -0.4 is 0 Å². The third kappa shape index (κ3) is 3.40. The van der Waals surface area contributed by atoms with E-state index in [4.69, 9.17) is 16.3 Å². The van der Waals surface area contributed by atoms with Crippen LogP contribution in [0.4, 0.5) is 0 Å². The molecule has 0 atom stereocenters. The molecule has 4 rings (SSSR count). The van der Waals surface area contributed by atoms with Crippen LogP contribution in [0.1, 0.15) is 56.5 Å². The van der Waals surface area contributed by atoms with Gasteiger partial charge in [0.1, 0.15) is 6.33 Å². The molecule has 140 valence electrons. The highest BCUT2D eigenvalue weighted by molar-refractivity contribution is 6.24. The highest BCUT2D eigenvalue weighted by atomic mass is 35.5. The number of aromatic nitrogens is 3. The van der Waals surface area contributed by atoms with Crippen molar-refractivity contribution in [1.82, 2.24) is 19.7 Å². The van der Waals surface area contributed by atoms with Crippen molar-refractivity contribution in [3.8, 4) is 5.69 Å². The zero-order valence-corrected chi connectivity index (χ0v) is 16.5. The summed E-state index contributed by atoms with van der Waals surface area (Å²) in [5, 5.41) is 8.34. The Bertz CT molecular complexity index is 780. The Morgan fingerprint density at radius 2 is 2.00 bits per heavy atom. The molecule has 1 aromatic carbocycles. The number of nitrogens with zero attached hydrogens (tertiary/aromatic N) is 4. The Labute approximate surface area is 160 Å². The molecule has 0 saturated heterocycles. The van der Waals surface area contributed by atoms with Gasteiger partial charge in [-0.25, -0.2) is 0 Å². The van der Waals surface area contributed by atoms with E-state index in [1.165, 1.54) is 11.1 Å². The molecule has 0 spiro atoms. The van der Waals surface area contributed by atoms with E-state index in [9.17, 15) is 0 Å². The molecule has 1 aliphatic heterocycles. The zero-order valence-electron chi connectivity index (χ0n) is 15.8. The van der Waals surface area contributed by atoms with Gasteiger partial charge in [-0.2, -0.15) is 0 Å². The van der Waals surface area contributed by atoms with Crippen molar-refractivity contribution in [2.75, 3.05) is 7.05 Å². The first kappa shape index (κ1) is 18.0. The molecule has 6 heteroatoms. The average Bonchev–Trinajstić information content (AvgIpc) is 2.99. The Morgan fingerprint density at radius 1 is 1.23 bits per heavy atom. The quantitative estimate of drug-likeness (QED) is 0.761. The summed E-state index contributed by atoms with van der Waals surface area (Å²) in [4.78, 5) is 1.98. The lowest BCUT2D eigenvalue weighted by Crippen LogP contribution is -2.31. The van der Waals surface area contributed by atoms with Crippen LogP contribution >= 0.6 is 11.6 Å². The second-order valence-electron chi connectivity index (χ2n) is 7.98. The Morgan fingerprint density at radius 3 is 2.73 bits per heavy atom. The number of alkyl halides is 1. The fraction of sp³-hybridized carbons (Fsp3) is 0.600. The van der Waals surface area contributed by atoms with Gasteiger partial charge in [0.05, 0.1) is 29.3 Å². The first-order valence-corrected chi connectivity index (χ1v) is 9.88. The average molecular weight is 375 g/mol. The first-order chi connectivity index (χ1) is 12.4. The molecular weight excluding hydrogens is 348 g/mol. The summed E-state index contributed by atoms with van der Waals surface area (Å²) in [5.74, 6) is 0.978. The maximum absolute atomic E-state index is 7.10. The van der Waals surface area contributed by atoms with Gasteiger partial charge in [-0.15, -0.1) is 21.8 Å². The van der Waals surface area contributed by atoms with Gasteiger partial charge >= 0.3 is 0 Å². The van der Waals surface area contributed by atoms with Crippen LogP contribution in [-0.2, 0) is 22.7 Å². The van der Waals surface area contributed by atoms with Crippen molar-refractivity contribution in [3.05, 3.63) is 41.5 Å². The normalized spacial score (nSPS) is 26.4. The van der Waals surface area contributed by atoms with E-state index >= 15 is 0 Å². The Kier molecular flexibility index (Phi) is 4.80. The van der Waals surface area contributed by atoms with Crippen LogP contribution in [0, 0.1) is 0 Å². The van der Waals surface area contributed by atoms with Crippen LogP contribution in [0.2, 0.25) is 0 Å². The summed E-state index contributed by atoms with van der Waals surface area (Å²) in [6, 6.07) is 6.65. The number of fused-ring (bicyclic) bond motifs is 3. The van der Waals surface area contributed by atoms with Gasteiger partial charge in [0.2, 0.25) is 0 Å². The molecule has 2 aliphatic rings. The van der Waals surface area contributed by atoms with E-state index < -0.39 is 0 Å². The third-order valence-corrected chi connectivity index (χ3v) is 6.11. The molecule has 1 aromatic heterocycles. The number of halogens is 1. The molecule has 0 bridgehead atoms. The van der Waals surface area contributed by atoms with Gasteiger partial charge in [0.25, 0.3) is 0 Å². The third-order valence-electron chi connectivity index (χ3n) is 5.52. The van der Waals surface area contributed by atoms with E-state index in [-0.39, 0.29) is 11.0 Å². The van der Waals surface area contributed by atoms with Crippen LogP contribution in [0.15, 0.2) is 24.5 Å². The van der Waals surface area contributed by atoms with Gasteiger partial charge in [0.15, 0.2) is 5.82 Å². The number of ether oxygens (including phenoxy) is 1. The van der Waals surface area contributed by atoms with E-state index in [1.54, 1.807) is 6.33 Å². The summed E-state index contributed by atoms with van der Waals surface area (Å²) in [7, 11) is 2.12. The van der Waals surface area contributed by atoms with E-state index in [0.717, 1.165) is 50.3 Å². The van der Waals surface area contributed by atoms with Crippen molar-refractivity contribution >= 4 is 11.6 Å². The van der Waals surface area contributed by atoms with E-state index in [1.807, 2.05) is 0 Å². The lowest BCUT2D eigenvalue weighted by atomic mass is 9.81. The molecule has 0 radical (unpaired) electrons. The number of hydrogen-bond acceptors (Lipinski definition) is 4. The molecular formula is C20H27ClN4O. The second kappa shape index (κ2) is 6.95. The van der Waals surface area contributed by atoms with Crippen LogP contribution in [-0.4, -0.2) is 38.9 Å². The molecule has 0 unspecified atom stereocenters. The molecule has 2 heterocycles. The molecule has 2 aromatic rings. The van der Waals surface area contributed by atoms with Gasteiger partial charge < -0.3 is 4.74 Å². The Balaban J connectivity index is 1.60. The second-order valence-corrected chi connectivity index (χ2v) is 8.71. The van der Waals surface area contributed by atoms with Crippen LogP contribution in [0.5, 0.6) is 0 Å². The van der Waals surface area contributed by atoms with Gasteiger partial charge in [-0.1, -0.05) is 12.1 Å². The maximum atomic E-state index is 7.10.